The Hall–Kier alpha value is -0.620. The van der Waals surface area contributed by atoms with E-state index in [2.05, 4.69) is 0 Å². The maximum absolute atomic E-state index is 13.4. The van der Waals surface area contributed by atoms with Crippen molar-refractivity contribution in [2.24, 2.45) is 0 Å². The number of hydrogen-bond acceptors (Lipinski definition) is 4. The van der Waals surface area contributed by atoms with Crippen LogP contribution in [0.3, 0.4) is 0 Å². The Balaban J connectivity index is 2.05. The molecular formula is C11H13FO3S. The third-order valence-electron chi connectivity index (χ3n) is 2.28. The fourth-order valence-electron chi connectivity index (χ4n) is 1.43. The molecule has 1 heterocycles. The summed E-state index contributed by atoms with van der Waals surface area (Å²) < 4.78 is 23.6. The molecule has 0 unspecified atom stereocenters. The van der Waals surface area contributed by atoms with Crippen LogP contribution < -0.4 is 0 Å². The molecule has 1 fully saturated rings. The van der Waals surface area contributed by atoms with Crippen LogP contribution in [0.4, 0.5) is 4.39 Å². The minimum Gasteiger partial charge on any atom is -0.389 e. The third kappa shape index (κ3) is 2.95. The minimum atomic E-state index is -0.632. The van der Waals surface area contributed by atoms with Crippen LogP contribution in [0, 0.1) is 5.82 Å². The second-order valence-electron chi connectivity index (χ2n) is 3.51. The Bertz CT molecular complexity index is 348. The van der Waals surface area contributed by atoms with Gasteiger partial charge >= 0.3 is 0 Å². The van der Waals surface area contributed by atoms with Gasteiger partial charge in [-0.2, -0.15) is 0 Å². The zero-order valence-electron chi connectivity index (χ0n) is 8.64. The Morgan fingerprint density at radius 1 is 1.25 bits per heavy atom. The van der Waals surface area contributed by atoms with Crippen molar-refractivity contribution >= 4 is 11.8 Å². The van der Waals surface area contributed by atoms with Crippen molar-refractivity contribution in [2.45, 2.75) is 16.2 Å². The SMILES string of the molecule is O[C@H]1COCOC[C@@H]1Sc1ccccc1F. The highest BCUT2D eigenvalue weighted by molar-refractivity contribution is 8.00. The first-order valence-electron chi connectivity index (χ1n) is 5.02. The summed E-state index contributed by atoms with van der Waals surface area (Å²) in [5, 5.41) is 9.56. The van der Waals surface area contributed by atoms with E-state index >= 15 is 0 Å². The molecule has 0 radical (unpaired) electrons. The maximum atomic E-state index is 13.4. The Labute approximate surface area is 97.6 Å². The fraction of sp³-hybridized carbons (Fsp3) is 0.455. The number of aliphatic hydroxyl groups excluding tert-OH is 1. The average Bonchev–Trinajstić information content (AvgIpc) is 2.48. The largest absolute Gasteiger partial charge is 0.389 e. The van der Waals surface area contributed by atoms with Gasteiger partial charge in [0.1, 0.15) is 12.6 Å². The predicted octanol–water partition coefficient (Wildman–Crippen LogP) is 1.65. The van der Waals surface area contributed by atoms with E-state index in [1.165, 1.54) is 17.8 Å². The molecule has 1 aliphatic heterocycles. The zero-order chi connectivity index (χ0) is 11.4. The summed E-state index contributed by atoms with van der Waals surface area (Å²) in [6.45, 7) is 0.775. The molecule has 88 valence electrons. The number of aliphatic hydroxyl groups is 1. The molecule has 1 aromatic rings. The second kappa shape index (κ2) is 5.63. The molecule has 2 atom stereocenters. The smallest absolute Gasteiger partial charge is 0.146 e. The van der Waals surface area contributed by atoms with Crippen molar-refractivity contribution in [1.29, 1.82) is 0 Å². The molecule has 2 rings (SSSR count). The number of rotatable bonds is 2. The van der Waals surface area contributed by atoms with Gasteiger partial charge in [0.25, 0.3) is 0 Å². The summed E-state index contributed by atoms with van der Waals surface area (Å²) in [7, 11) is 0. The lowest BCUT2D eigenvalue weighted by Gasteiger charge is -2.18. The second-order valence-corrected chi connectivity index (χ2v) is 4.79. The average molecular weight is 244 g/mol. The van der Waals surface area contributed by atoms with Crippen LogP contribution >= 0.6 is 11.8 Å². The van der Waals surface area contributed by atoms with Crippen LogP contribution in [0.1, 0.15) is 0 Å². The Morgan fingerprint density at radius 3 is 2.81 bits per heavy atom. The van der Waals surface area contributed by atoms with E-state index in [1.54, 1.807) is 18.2 Å². The first-order valence-corrected chi connectivity index (χ1v) is 5.90. The van der Waals surface area contributed by atoms with Gasteiger partial charge in [0.05, 0.1) is 24.6 Å². The van der Waals surface area contributed by atoms with Gasteiger partial charge in [-0.15, -0.1) is 11.8 Å². The van der Waals surface area contributed by atoms with Crippen LogP contribution in [0.2, 0.25) is 0 Å². The number of thioether (sulfide) groups is 1. The standard InChI is InChI=1S/C11H13FO3S/c12-8-3-1-2-4-10(8)16-11-6-15-7-14-5-9(11)13/h1-4,9,11,13H,5-7H2/t9-,11-/m0/s1. The molecule has 1 aromatic carbocycles. The first-order chi connectivity index (χ1) is 7.77. The number of ether oxygens (including phenoxy) is 2. The lowest BCUT2D eigenvalue weighted by atomic mass is 10.3. The van der Waals surface area contributed by atoms with Crippen LogP contribution in [-0.2, 0) is 9.47 Å². The molecular weight excluding hydrogens is 231 g/mol. The molecule has 0 aromatic heterocycles. The summed E-state index contributed by atoms with van der Waals surface area (Å²) in [4.78, 5) is 0.525. The van der Waals surface area contributed by atoms with E-state index < -0.39 is 6.10 Å². The summed E-state index contributed by atoms with van der Waals surface area (Å²) in [5.74, 6) is -0.273. The highest BCUT2D eigenvalue weighted by Gasteiger charge is 2.24. The number of hydrogen-bond donors (Lipinski definition) is 1. The van der Waals surface area contributed by atoms with Crippen LogP contribution in [0.25, 0.3) is 0 Å². The van der Waals surface area contributed by atoms with Crippen molar-refractivity contribution in [1.82, 2.24) is 0 Å². The molecule has 16 heavy (non-hydrogen) atoms. The van der Waals surface area contributed by atoms with E-state index in [4.69, 9.17) is 9.47 Å². The molecule has 1 aliphatic rings. The maximum Gasteiger partial charge on any atom is 0.146 e. The third-order valence-corrected chi connectivity index (χ3v) is 3.62. The molecule has 0 amide bonds. The van der Waals surface area contributed by atoms with Crippen molar-refractivity contribution in [3.8, 4) is 0 Å². The van der Waals surface area contributed by atoms with Gasteiger partial charge in [-0.05, 0) is 12.1 Å². The molecule has 0 spiro atoms. The Morgan fingerprint density at radius 2 is 2.00 bits per heavy atom. The van der Waals surface area contributed by atoms with Crippen LogP contribution in [0.15, 0.2) is 29.2 Å². The van der Waals surface area contributed by atoms with Gasteiger partial charge in [0, 0.05) is 4.90 Å². The molecule has 0 saturated carbocycles. The lowest BCUT2D eigenvalue weighted by molar-refractivity contribution is -0.0420. The summed E-state index contributed by atoms with van der Waals surface area (Å²) in [6.07, 6.45) is -0.632. The quantitative estimate of drug-likeness (QED) is 0.858. The van der Waals surface area contributed by atoms with Gasteiger partial charge in [-0.3, -0.25) is 0 Å². The minimum absolute atomic E-state index is 0.186. The Kier molecular flexibility index (Phi) is 4.17. The molecule has 3 nitrogen and oxygen atoms in total. The predicted molar refractivity (Wildman–Crippen MR) is 58.8 cm³/mol. The molecule has 1 N–H and O–H groups in total. The van der Waals surface area contributed by atoms with Crippen LogP contribution in [0.5, 0.6) is 0 Å². The summed E-state index contributed by atoms with van der Waals surface area (Å²) in [5.41, 5.74) is 0. The zero-order valence-corrected chi connectivity index (χ0v) is 9.45. The van der Waals surface area contributed by atoms with Gasteiger partial charge in [-0.1, -0.05) is 12.1 Å². The fourth-order valence-corrected chi connectivity index (χ4v) is 2.49. The van der Waals surface area contributed by atoms with Crippen molar-refractivity contribution in [2.75, 3.05) is 20.0 Å². The van der Waals surface area contributed by atoms with E-state index in [-0.39, 0.29) is 24.5 Å². The molecule has 0 aliphatic carbocycles. The van der Waals surface area contributed by atoms with E-state index in [9.17, 15) is 9.50 Å². The van der Waals surface area contributed by atoms with E-state index in [0.29, 0.717) is 11.5 Å². The van der Waals surface area contributed by atoms with Crippen molar-refractivity contribution in [3.05, 3.63) is 30.1 Å². The monoisotopic (exact) mass is 244 g/mol. The van der Waals surface area contributed by atoms with Gasteiger partial charge in [-0.25, -0.2) is 4.39 Å². The van der Waals surface area contributed by atoms with E-state index in [0.717, 1.165) is 0 Å². The topological polar surface area (TPSA) is 38.7 Å². The lowest BCUT2D eigenvalue weighted by Crippen LogP contribution is -2.28. The van der Waals surface area contributed by atoms with Gasteiger partial charge in [0.2, 0.25) is 0 Å². The van der Waals surface area contributed by atoms with Crippen LogP contribution in [-0.4, -0.2) is 36.5 Å². The van der Waals surface area contributed by atoms with Gasteiger partial charge in [0.15, 0.2) is 0 Å². The normalized spacial score (nSPS) is 26.4. The molecule has 1 saturated heterocycles. The number of benzene rings is 1. The highest BCUT2D eigenvalue weighted by atomic mass is 32.2. The molecule has 5 heteroatoms. The first kappa shape index (κ1) is 11.9. The number of halogens is 1. The summed E-state index contributed by atoms with van der Waals surface area (Å²) in [6, 6.07) is 6.51. The van der Waals surface area contributed by atoms with E-state index in [1.807, 2.05) is 0 Å². The van der Waals surface area contributed by atoms with Crippen molar-refractivity contribution in [3.63, 3.8) is 0 Å². The van der Waals surface area contributed by atoms with Crippen molar-refractivity contribution < 1.29 is 19.0 Å². The summed E-state index contributed by atoms with van der Waals surface area (Å²) >= 11 is 1.28. The molecule has 0 bridgehead atoms. The van der Waals surface area contributed by atoms with Gasteiger partial charge < -0.3 is 14.6 Å². The highest BCUT2D eigenvalue weighted by Crippen LogP contribution is 2.28.